The molecule has 0 radical (unpaired) electrons. The molecule has 5 heteroatoms. The number of aromatic amines is 1. The van der Waals surface area contributed by atoms with Gasteiger partial charge in [0.1, 0.15) is 5.69 Å². The van der Waals surface area contributed by atoms with E-state index in [0.717, 1.165) is 11.1 Å². The number of carbonyl (C=O) groups excluding carboxylic acids is 1. The number of carbonyl (C=O) groups is 1. The summed E-state index contributed by atoms with van der Waals surface area (Å²) in [5.41, 5.74) is 3.93. The Balaban J connectivity index is 1.55. The van der Waals surface area contributed by atoms with Crippen LogP contribution in [-0.2, 0) is 17.8 Å². The summed E-state index contributed by atoms with van der Waals surface area (Å²) < 4.78 is 0. The van der Waals surface area contributed by atoms with Gasteiger partial charge in [0.2, 0.25) is 5.91 Å². The van der Waals surface area contributed by atoms with Crippen LogP contribution in [0.1, 0.15) is 43.0 Å². The Labute approximate surface area is 152 Å². The van der Waals surface area contributed by atoms with Gasteiger partial charge in [0.25, 0.3) is 5.56 Å². The van der Waals surface area contributed by atoms with Gasteiger partial charge in [0.15, 0.2) is 0 Å². The van der Waals surface area contributed by atoms with Crippen LogP contribution in [0.2, 0.25) is 0 Å². The van der Waals surface area contributed by atoms with Crippen LogP contribution in [0, 0.1) is 0 Å². The number of nitrogens with zero attached hydrogens (tertiary/aromatic N) is 1. The highest BCUT2D eigenvalue weighted by Gasteiger charge is 2.08. The molecule has 2 aromatic carbocycles. The molecule has 0 aliphatic carbocycles. The monoisotopic (exact) mass is 349 g/mol. The first-order valence-corrected chi connectivity index (χ1v) is 8.86. The lowest BCUT2D eigenvalue weighted by atomic mass is 10.0. The average Bonchev–Trinajstić information content (AvgIpc) is 2.65. The third-order valence-corrected chi connectivity index (χ3v) is 4.39. The normalized spacial score (nSPS) is 11.0. The number of H-pyrrole nitrogens is 1. The minimum Gasteiger partial charge on any atom is -0.352 e. The largest absolute Gasteiger partial charge is 0.352 e. The molecule has 0 aliphatic heterocycles. The van der Waals surface area contributed by atoms with E-state index in [-0.39, 0.29) is 17.9 Å². The van der Waals surface area contributed by atoms with Crippen molar-refractivity contribution in [3.05, 3.63) is 75.7 Å². The number of amides is 1. The van der Waals surface area contributed by atoms with E-state index in [2.05, 4.69) is 41.3 Å². The molecule has 26 heavy (non-hydrogen) atoms. The fourth-order valence-electron chi connectivity index (χ4n) is 2.78. The number of benzene rings is 2. The van der Waals surface area contributed by atoms with E-state index in [0.29, 0.717) is 30.1 Å². The van der Waals surface area contributed by atoms with Crippen LogP contribution in [0.3, 0.4) is 0 Å². The van der Waals surface area contributed by atoms with Crippen molar-refractivity contribution in [2.75, 3.05) is 0 Å². The Hall–Kier alpha value is -2.95. The molecule has 0 saturated heterocycles. The number of para-hydroxylation sites is 2. The maximum Gasteiger partial charge on any atom is 0.270 e. The lowest BCUT2D eigenvalue weighted by Gasteiger charge is -2.08. The molecular weight excluding hydrogens is 326 g/mol. The molecule has 1 aromatic heterocycles. The van der Waals surface area contributed by atoms with Crippen LogP contribution in [0.25, 0.3) is 11.0 Å². The number of rotatable bonds is 6. The fourth-order valence-corrected chi connectivity index (χ4v) is 2.78. The molecule has 3 aromatic rings. The van der Waals surface area contributed by atoms with E-state index >= 15 is 0 Å². The highest BCUT2D eigenvalue weighted by molar-refractivity contribution is 5.76. The van der Waals surface area contributed by atoms with Crippen molar-refractivity contribution < 1.29 is 4.79 Å². The second-order valence-electron chi connectivity index (χ2n) is 6.70. The molecule has 0 spiro atoms. The molecular formula is C21H23N3O2. The van der Waals surface area contributed by atoms with Crippen LogP contribution in [0.15, 0.2) is 53.3 Å². The van der Waals surface area contributed by atoms with E-state index in [1.54, 1.807) is 0 Å². The van der Waals surface area contributed by atoms with E-state index in [9.17, 15) is 9.59 Å². The van der Waals surface area contributed by atoms with Crippen molar-refractivity contribution in [1.29, 1.82) is 0 Å². The summed E-state index contributed by atoms with van der Waals surface area (Å²) in [4.78, 5) is 31.3. The van der Waals surface area contributed by atoms with Crippen molar-refractivity contribution in [1.82, 2.24) is 15.3 Å². The van der Waals surface area contributed by atoms with E-state index < -0.39 is 0 Å². The Morgan fingerprint density at radius 1 is 1.12 bits per heavy atom. The predicted octanol–water partition coefficient (Wildman–Crippen LogP) is 3.30. The van der Waals surface area contributed by atoms with Crippen LogP contribution >= 0.6 is 0 Å². The van der Waals surface area contributed by atoms with Crippen molar-refractivity contribution in [2.45, 2.75) is 39.2 Å². The Kier molecular flexibility index (Phi) is 5.46. The first-order valence-electron chi connectivity index (χ1n) is 8.86. The van der Waals surface area contributed by atoms with Gasteiger partial charge in [0.05, 0.1) is 11.0 Å². The summed E-state index contributed by atoms with van der Waals surface area (Å²) in [5.74, 6) is 0.401. The zero-order valence-corrected chi connectivity index (χ0v) is 15.1. The molecule has 0 bridgehead atoms. The van der Waals surface area contributed by atoms with Crippen LogP contribution in [-0.4, -0.2) is 15.9 Å². The van der Waals surface area contributed by atoms with Crippen molar-refractivity contribution in [3.63, 3.8) is 0 Å². The number of hydrogen-bond donors (Lipinski definition) is 2. The summed E-state index contributed by atoms with van der Waals surface area (Å²) in [5, 5.41) is 2.90. The maximum absolute atomic E-state index is 12.1. The molecule has 134 valence electrons. The SMILES string of the molecule is CC(C)c1ccc(CNC(=O)CCc2nc3ccccc3[nH]c2=O)cc1. The van der Waals surface area contributed by atoms with Gasteiger partial charge in [-0.3, -0.25) is 9.59 Å². The summed E-state index contributed by atoms with van der Waals surface area (Å²) in [6.45, 7) is 4.79. The van der Waals surface area contributed by atoms with Gasteiger partial charge in [-0.25, -0.2) is 4.98 Å². The average molecular weight is 349 g/mol. The second-order valence-corrected chi connectivity index (χ2v) is 6.70. The van der Waals surface area contributed by atoms with Gasteiger partial charge in [-0.05, 0) is 29.2 Å². The predicted molar refractivity (Wildman–Crippen MR) is 103 cm³/mol. The van der Waals surface area contributed by atoms with E-state index in [1.807, 2.05) is 36.4 Å². The van der Waals surface area contributed by atoms with Gasteiger partial charge in [-0.15, -0.1) is 0 Å². The Bertz CT molecular complexity index is 959. The van der Waals surface area contributed by atoms with E-state index in [1.165, 1.54) is 5.56 Å². The van der Waals surface area contributed by atoms with Gasteiger partial charge in [0, 0.05) is 19.4 Å². The van der Waals surface area contributed by atoms with Gasteiger partial charge >= 0.3 is 0 Å². The molecule has 1 heterocycles. The minimum atomic E-state index is -0.235. The van der Waals surface area contributed by atoms with Gasteiger partial charge in [-0.1, -0.05) is 50.2 Å². The third kappa shape index (κ3) is 4.36. The zero-order chi connectivity index (χ0) is 18.5. The molecule has 0 atom stereocenters. The van der Waals surface area contributed by atoms with Crippen molar-refractivity contribution in [3.8, 4) is 0 Å². The number of nitrogens with one attached hydrogen (secondary N) is 2. The third-order valence-electron chi connectivity index (χ3n) is 4.39. The summed E-state index contributed by atoms with van der Waals surface area (Å²) >= 11 is 0. The number of aromatic nitrogens is 2. The highest BCUT2D eigenvalue weighted by Crippen LogP contribution is 2.14. The number of fused-ring (bicyclic) bond motifs is 1. The Morgan fingerprint density at radius 2 is 1.85 bits per heavy atom. The Morgan fingerprint density at radius 3 is 2.58 bits per heavy atom. The molecule has 0 unspecified atom stereocenters. The van der Waals surface area contributed by atoms with Crippen LogP contribution in [0.4, 0.5) is 0 Å². The first-order chi connectivity index (χ1) is 12.5. The number of hydrogen-bond acceptors (Lipinski definition) is 3. The van der Waals surface area contributed by atoms with E-state index in [4.69, 9.17) is 0 Å². The zero-order valence-electron chi connectivity index (χ0n) is 15.1. The molecule has 5 nitrogen and oxygen atoms in total. The molecule has 0 aliphatic rings. The van der Waals surface area contributed by atoms with Gasteiger partial charge in [-0.2, -0.15) is 0 Å². The molecule has 0 saturated carbocycles. The fraction of sp³-hybridized carbons (Fsp3) is 0.286. The maximum atomic E-state index is 12.1. The molecule has 3 rings (SSSR count). The second kappa shape index (κ2) is 7.95. The lowest BCUT2D eigenvalue weighted by Crippen LogP contribution is -2.24. The smallest absolute Gasteiger partial charge is 0.270 e. The van der Waals surface area contributed by atoms with Crippen LogP contribution < -0.4 is 10.9 Å². The minimum absolute atomic E-state index is 0.0905. The van der Waals surface area contributed by atoms with Gasteiger partial charge < -0.3 is 10.3 Å². The molecule has 2 N–H and O–H groups in total. The van der Waals surface area contributed by atoms with Crippen molar-refractivity contribution >= 4 is 16.9 Å². The van der Waals surface area contributed by atoms with Crippen LogP contribution in [0.5, 0.6) is 0 Å². The van der Waals surface area contributed by atoms with Crippen molar-refractivity contribution in [2.24, 2.45) is 0 Å². The lowest BCUT2D eigenvalue weighted by molar-refractivity contribution is -0.121. The topological polar surface area (TPSA) is 74.8 Å². The summed E-state index contributed by atoms with van der Waals surface area (Å²) in [7, 11) is 0. The number of aryl methyl sites for hydroxylation is 1. The highest BCUT2D eigenvalue weighted by atomic mass is 16.1. The first kappa shape index (κ1) is 17.9. The standard InChI is InChI=1S/C21H23N3O2/c1-14(2)16-9-7-15(8-10-16)13-22-20(25)12-11-19-21(26)24-18-6-4-3-5-17(18)23-19/h3-10,14H,11-13H2,1-2H3,(H,22,25)(H,24,26). The summed E-state index contributed by atoms with van der Waals surface area (Å²) in [6, 6.07) is 15.6. The summed E-state index contributed by atoms with van der Waals surface area (Å²) in [6.07, 6.45) is 0.552. The quantitative estimate of drug-likeness (QED) is 0.717. The molecule has 0 fully saturated rings. The molecule has 1 amide bonds.